The highest BCUT2D eigenvalue weighted by atomic mass is 79.9. The van der Waals surface area contributed by atoms with Gasteiger partial charge in [-0.25, -0.2) is 4.39 Å². The van der Waals surface area contributed by atoms with Crippen LogP contribution in [0, 0.1) is 5.82 Å². The molecular formula is C12H7Br2F. The maximum atomic E-state index is 13.7. The van der Waals surface area contributed by atoms with Gasteiger partial charge < -0.3 is 0 Å². The third kappa shape index (κ3) is 2.13. The highest BCUT2D eigenvalue weighted by Gasteiger charge is 2.10. The SMILES string of the molecule is Fc1cccc(Br)c1-c1ccccc1Br. The lowest BCUT2D eigenvalue weighted by Crippen LogP contribution is -1.86. The Morgan fingerprint density at radius 1 is 0.800 bits per heavy atom. The first-order valence-electron chi connectivity index (χ1n) is 4.39. The second-order valence-electron chi connectivity index (χ2n) is 3.08. The van der Waals surface area contributed by atoms with Gasteiger partial charge in [0.25, 0.3) is 0 Å². The minimum Gasteiger partial charge on any atom is -0.206 e. The summed E-state index contributed by atoms with van der Waals surface area (Å²) < 4.78 is 15.3. The number of halogens is 3. The van der Waals surface area contributed by atoms with Crippen molar-refractivity contribution in [3.05, 3.63) is 57.2 Å². The Kier molecular flexibility index (Phi) is 3.22. The van der Waals surface area contributed by atoms with Crippen molar-refractivity contribution in [3.63, 3.8) is 0 Å². The van der Waals surface area contributed by atoms with Gasteiger partial charge in [0, 0.05) is 14.5 Å². The molecule has 0 spiro atoms. The van der Waals surface area contributed by atoms with E-state index >= 15 is 0 Å². The van der Waals surface area contributed by atoms with Gasteiger partial charge in [0.2, 0.25) is 0 Å². The molecule has 0 atom stereocenters. The molecule has 2 aromatic carbocycles. The van der Waals surface area contributed by atoms with Crippen molar-refractivity contribution in [3.8, 4) is 11.1 Å². The first-order valence-corrected chi connectivity index (χ1v) is 5.97. The molecule has 0 aliphatic heterocycles. The zero-order valence-corrected chi connectivity index (χ0v) is 10.8. The summed E-state index contributed by atoms with van der Waals surface area (Å²) in [7, 11) is 0. The van der Waals surface area contributed by atoms with Gasteiger partial charge in [-0.15, -0.1) is 0 Å². The first kappa shape index (κ1) is 10.8. The van der Waals surface area contributed by atoms with Gasteiger partial charge in [-0.05, 0) is 23.8 Å². The van der Waals surface area contributed by atoms with Gasteiger partial charge in [-0.2, -0.15) is 0 Å². The van der Waals surface area contributed by atoms with Crippen LogP contribution in [0.15, 0.2) is 51.4 Å². The van der Waals surface area contributed by atoms with E-state index < -0.39 is 0 Å². The van der Waals surface area contributed by atoms with Crippen molar-refractivity contribution in [1.29, 1.82) is 0 Å². The number of benzene rings is 2. The smallest absolute Gasteiger partial charge is 0.132 e. The van der Waals surface area contributed by atoms with Gasteiger partial charge in [0.05, 0.1) is 0 Å². The van der Waals surface area contributed by atoms with Gasteiger partial charge in [-0.1, -0.05) is 56.1 Å². The molecular weight excluding hydrogens is 323 g/mol. The molecule has 0 saturated carbocycles. The van der Waals surface area contributed by atoms with Crippen LogP contribution in [0.1, 0.15) is 0 Å². The van der Waals surface area contributed by atoms with Crippen molar-refractivity contribution in [2.75, 3.05) is 0 Å². The number of hydrogen-bond acceptors (Lipinski definition) is 0. The van der Waals surface area contributed by atoms with Crippen LogP contribution in [0.3, 0.4) is 0 Å². The molecule has 3 heteroatoms. The lowest BCUT2D eigenvalue weighted by molar-refractivity contribution is 0.630. The molecule has 0 saturated heterocycles. The largest absolute Gasteiger partial charge is 0.206 e. The second kappa shape index (κ2) is 4.45. The summed E-state index contributed by atoms with van der Waals surface area (Å²) in [5, 5.41) is 0. The van der Waals surface area contributed by atoms with Crippen LogP contribution in [-0.4, -0.2) is 0 Å². The Morgan fingerprint density at radius 3 is 2.13 bits per heavy atom. The standard InChI is InChI=1S/C12H7Br2F/c13-9-5-2-1-4-8(9)12-10(14)6-3-7-11(12)15/h1-7H. The van der Waals surface area contributed by atoms with E-state index in [-0.39, 0.29) is 5.82 Å². The average molecular weight is 330 g/mol. The normalized spacial score (nSPS) is 10.3. The zero-order valence-electron chi connectivity index (χ0n) is 7.68. The molecule has 0 radical (unpaired) electrons. The number of hydrogen-bond donors (Lipinski definition) is 0. The average Bonchev–Trinajstić information content (AvgIpc) is 2.20. The molecule has 0 aromatic heterocycles. The molecule has 0 unspecified atom stereocenters. The minimum atomic E-state index is -0.226. The Hall–Kier alpha value is -0.670. The van der Waals surface area contributed by atoms with Crippen molar-refractivity contribution in [2.24, 2.45) is 0 Å². The van der Waals surface area contributed by atoms with Gasteiger partial charge in [-0.3, -0.25) is 0 Å². The summed E-state index contributed by atoms with van der Waals surface area (Å²) in [5.74, 6) is -0.226. The van der Waals surface area contributed by atoms with E-state index in [2.05, 4.69) is 31.9 Å². The molecule has 0 amide bonds. The van der Waals surface area contributed by atoms with Crippen LogP contribution in [-0.2, 0) is 0 Å². The molecule has 0 aliphatic rings. The highest BCUT2D eigenvalue weighted by Crippen LogP contribution is 2.35. The molecule has 76 valence electrons. The number of rotatable bonds is 1. The van der Waals surface area contributed by atoms with Gasteiger partial charge >= 0.3 is 0 Å². The van der Waals surface area contributed by atoms with Crippen LogP contribution in [0.2, 0.25) is 0 Å². The first-order chi connectivity index (χ1) is 7.20. The van der Waals surface area contributed by atoms with E-state index in [4.69, 9.17) is 0 Å². The van der Waals surface area contributed by atoms with Gasteiger partial charge in [0.15, 0.2) is 0 Å². The van der Waals surface area contributed by atoms with Crippen molar-refractivity contribution >= 4 is 31.9 Å². The summed E-state index contributed by atoms with van der Waals surface area (Å²) in [6.45, 7) is 0. The quantitative estimate of drug-likeness (QED) is 0.689. The van der Waals surface area contributed by atoms with Crippen LogP contribution < -0.4 is 0 Å². The molecule has 2 rings (SSSR count). The fraction of sp³-hybridized carbons (Fsp3) is 0. The third-order valence-electron chi connectivity index (χ3n) is 2.11. The minimum absolute atomic E-state index is 0.226. The van der Waals surface area contributed by atoms with Crippen molar-refractivity contribution in [2.45, 2.75) is 0 Å². The van der Waals surface area contributed by atoms with Gasteiger partial charge in [0.1, 0.15) is 5.82 Å². The second-order valence-corrected chi connectivity index (χ2v) is 4.79. The highest BCUT2D eigenvalue weighted by molar-refractivity contribution is 9.11. The van der Waals surface area contributed by atoms with E-state index in [1.54, 1.807) is 6.07 Å². The Balaban J connectivity index is 2.69. The molecule has 0 nitrogen and oxygen atoms in total. The van der Waals surface area contributed by atoms with Crippen LogP contribution in [0.25, 0.3) is 11.1 Å². The van der Waals surface area contributed by atoms with Crippen molar-refractivity contribution in [1.82, 2.24) is 0 Å². The predicted molar refractivity (Wildman–Crippen MR) is 67.2 cm³/mol. The molecule has 0 bridgehead atoms. The third-order valence-corrected chi connectivity index (χ3v) is 3.46. The van der Waals surface area contributed by atoms with E-state index in [1.807, 2.05) is 30.3 Å². The van der Waals surface area contributed by atoms with Crippen LogP contribution in [0.4, 0.5) is 4.39 Å². The summed E-state index contributed by atoms with van der Waals surface area (Å²) >= 11 is 6.77. The molecule has 2 aromatic rings. The molecule has 0 N–H and O–H groups in total. The Bertz CT molecular complexity index is 474. The van der Waals surface area contributed by atoms with E-state index in [0.717, 1.165) is 14.5 Å². The Labute approximate surface area is 104 Å². The maximum Gasteiger partial charge on any atom is 0.132 e. The fourth-order valence-electron chi connectivity index (χ4n) is 1.42. The molecule has 15 heavy (non-hydrogen) atoms. The van der Waals surface area contributed by atoms with Crippen LogP contribution >= 0.6 is 31.9 Å². The summed E-state index contributed by atoms with van der Waals surface area (Å²) in [6, 6.07) is 12.5. The van der Waals surface area contributed by atoms with E-state index in [0.29, 0.717) is 5.56 Å². The summed E-state index contributed by atoms with van der Waals surface area (Å²) in [4.78, 5) is 0. The predicted octanol–water partition coefficient (Wildman–Crippen LogP) is 5.02. The fourth-order valence-corrected chi connectivity index (χ4v) is 2.46. The van der Waals surface area contributed by atoms with Crippen LogP contribution in [0.5, 0.6) is 0 Å². The molecule has 0 aliphatic carbocycles. The van der Waals surface area contributed by atoms with E-state index in [9.17, 15) is 4.39 Å². The summed E-state index contributed by atoms with van der Waals surface area (Å²) in [6.07, 6.45) is 0. The molecule has 0 heterocycles. The zero-order chi connectivity index (χ0) is 10.8. The monoisotopic (exact) mass is 328 g/mol. The van der Waals surface area contributed by atoms with Crippen molar-refractivity contribution < 1.29 is 4.39 Å². The lowest BCUT2D eigenvalue weighted by Gasteiger charge is -2.07. The van der Waals surface area contributed by atoms with E-state index in [1.165, 1.54) is 6.07 Å². The summed E-state index contributed by atoms with van der Waals surface area (Å²) in [5.41, 5.74) is 1.44. The Morgan fingerprint density at radius 2 is 1.47 bits per heavy atom. The molecule has 0 fully saturated rings. The maximum absolute atomic E-state index is 13.7. The lowest BCUT2D eigenvalue weighted by atomic mass is 10.1. The topological polar surface area (TPSA) is 0 Å².